The Bertz CT molecular complexity index is 1420. The highest BCUT2D eigenvalue weighted by atomic mass is 31.2. The normalized spacial score (nSPS) is 22.5. The molecule has 1 rings (SSSR count). The van der Waals surface area contributed by atoms with Crippen molar-refractivity contribution in [2.45, 2.75) is 198 Å². The zero-order valence-corrected chi connectivity index (χ0v) is 39.0. The van der Waals surface area contributed by atoms with Crippen molar-refractivity contribution < 1.29 is 63.1 Å². The molecule has 0 radical (unpaired) electrons. The highest BCUT2D eigenvalue weighted by Gasteiger charge is 2.51. The molecule has 0 aliphatic heterocycles. The summed E-state index contributed by atoms with van der Waals surface area (Å²) in [5, 5.41) is 50.1. The molecule has 6 N–H and O–H groups in total. The molecule has 63 heavy (non-hydrogen) atoms. The number of phosphoric ester groups is 1. The van der Waals surface area contributed by atoms with Gasteiger partial charge < -0.3 is 39.9 Å². The second-order valence-electron chi connectivity index (χ2n) is 15.9. The molecule has 6 unspecified atom stereocenters. The number of phosphoric acid groups is 1. The molecule has 0 bridgehead atoms. The summed E-state index contributed by atoms with van der Waals surface area (Å²) in [5.74, 6) is -1.21. The van der Waals surface area contributed by atoms with Gasteiger partial charge >= 0.3 is 19.8 Å². The van der Waals surface area contributed by atoms with Crippen LogP contribution in [0.15, 0.2) is 85.1 Å². The molecule has 0 amide bonds. The van der Waals surface area contributed by atoms with Crippen molar-refractivity contribution in [2.75, 3.05) is 13.2 Å². The Hall–Kier alpha value is -2.97. The van der Waals surface area contributed by atoms with Crippen molar-refractivity contribution in [3.63, 3.8) is 0 Å². The topological polar surface area (TPSA) is 210 Å². The molecular formula is C49H81O13P. The standard InChI is InChI=1S/C49H81O13P/c1-3-5-7-9-11-13-15-17-19-20-21-22-24-25-27-29-31-33-35-37-42(50)59-39-41(40-60-63(57,58)62-49-47(55)45(53)44(52)46(54)48(49)56)61-43(51)38-36-34-32-30-28-26-23-18-16-14-12-10-8-6-4-2/h5,7,11,13,17-19,21-23,25,27,31,33,41,44-49,52-56H,3-4,6,8-10,12,14-16,20,24,26,28-30,32,34-40H2,1-2H3,(H,57,58)/b7-5+,13-11+,19-17+,22-21+,23-18+,27-25+,33-31+/t41-,44?,45-,46?,47?,48?,49?/m0/s1. The van der Waals surface area contributed by atoms with E-state index in [9.17, 15) is 44.6 Å². The van der Waals surface area contributed by atoms with Gasteiger partial charge in [0, 0.05) is 12.8 Å². The summed E-state index contributed by atoms with van der Waals surface area (Å²) in [4.78, 5) is 35.7. The van der Waals surface area contributed by atoms with Crippen molar-refractivity contribution in [1.82, 2.24) is 0 Å². The predicted octanol–water partition coefficient (Wildman–Crippen LogP) is 9.28. The number of ether oxygens (including phenoxy) is 2. The number of esters is 2. The molecular weight excluding hydrogens is 827 g/mol. The Kier molecular flexibility index (Phi) is 35.3. The first kappa shape index (κ1) is 58.0. The quantitative estimate of drug-likeness (QED) is 0.0149. The third-order valence-corrected chi connectivity index (χ3v) is 11.2. The Morgan fingerprint density at radius 1 is 0.508 bits per heavy atom. The summed E-state index contributed by atoms with van der Waals surface area (Å²) < 4.78 is 33.4. The van der Waals surface area contributed by atoms with E-state index in [0.717, 1.165) is 70.6 Å². The summed E-state index contributed by atoms with van der Waals surface area (Å²) >= 11 is 0. The van der Waals surface area contributed by atoms with Crippen molar-refractivity contribution in [1.29, 1.82) is 0 Å². The smallest absolute Gasteiger partial charge is 0.462 e. The van der Waals surface area contributed by atoms with Crippen molar-refractivity contribution in [3.05, 3.63) is 85.1 Å². The van der Waals surface area contributed by atoms with Crippen LogP contribution in [0.3, 0.4) is 0 Å². The van der Waals surface area contributed by atoms with Gasteiger partial charge in [-0.2, -0.15) is 0 Å². The van der Waals surface area contributed by atoms with Crippen LogP contribution in [0.2, 0.25) is 0 Å². The van der Waals surface area contributed by atoms with E-state index in [-0.39, 0.29) is 12.8 Å². The Balaban J connectivity index is 2.52. The highest BCUT2D eigenvalue weighted by Crippen LogP contribution is 2.47. The van der Waals surface area contributed by atoms with Crippen LogP contribution in [-0.2, 0) is 32.7 Å². The molecule has 1 saturated carbocycles. The molecule has 1 fully saturated rings. The lowest BCUT2D eigenvalue weighted by Crippen LogP contribution is -2.64. The lowest BCUT2D eigenvalue weighted by atomic mass is 9.85. The van der Waals surface area contributed by atoms with Crippen LogP contribution in [0.25, 0.3) is 0 Å². The summed E-state index contributed by atoms with van der Waals surface area (Å²) in [6, 6.07) is 0. The molecule has 1 aliphatic carbocycles. The van der Waals surface area contributed by atoms with Crippen LogP contribution in [0.4, 0.5) is 0 Å². The maximum atomic E-state index is 12.8. The van der Waals surface area contributed by atoms with Crippen molar-refractivity contribution in [3.8, 4) is 0 Å². The van der Waals surface area contributed by atoms with Crippen molar-refractivity contribution in [2.24, 2.45) is 0 Å². The van der Waals surface area contributed by atoms with Crippen LogP contribution >= 0.6 is 7.82 Å². The highest BCUT2D eigenvalue weighted by molar-refractivity contribution is 7.47. The lowest BCUT2D eigenvalue weighted by molar-refractivity contribution is -0.220. The summed E-state index contributed by atoms with van der Waals surface area (Å²) in [6.07, 6.45) is 36.5. The van der Waals surface area contributed by atoms with E-state index in [1.807, 2.05) is 18.2 Å². The van der Waals surface area contributed by atoms with Gasteiger partial charge in [0.1, 0.15) is 43.2 Å². The maximum absolute atomic E-state index is 12.8. The number of aliphatic hydroxyl groups excluding tert-OH is 5. The monoisotopic (exact) mass is 909 g/mol. The number of rotatable bonds is 37. The molecule has 14 heteroatoms. The first-order valence-electron chi connectivity index (χ1n) is 23.4. The fourth-order valence-electron chi connectivity index (χ4n) is 6.48. The van der Waals surface area contributed by atoms with Gasteiger partial charge in [0.25, 0.3) is 0 Å². The Labute approximate surface area is 378 Å². The van der Waals surface area contributed by atoms with E-state index in [4.69, 9.17) is 18.5 Å². The third kappa shape index (κ3) is 30.7. The summed E-state index contributed by atoms with van der Waals surface area (Å²) in [5.41, 5.74) is 0. The molecule has 0 aromatic rings. The fourth-order valence-corrected chi connectivity index (χ4v) is 7.46. The van der Waals surface area contributed by atoms with Gasteiger partial charge in [0.15, 0.2) is 6.10 Å². The van der Waals surface area contributed by atoms with Gasteiger partial charge in [-0.15, -0.1) is 0 Å². The number of unbranched alkanes of at least 4 members (excludes halogenated alkanes) is 11. The minimum atomic E-state index is -5.14. The van der Waals surface area contributed by atoms with E-state index in [2.05, 4.69) is 80.7 Å². The van der Waals surface area contributed by atoms with E-state index in [1.165, 1.54) is 38.5 Å². The molecule has 0 saturated heterocycles. The molecule has 0 aromatic heterocycles. The minimum Gasteiger partial charge on any atom is -0.462 e. The van der Waals surface area contributed by atoms with Crippen LogP contribution in [0.5, 0.6) is 0 Å². The van der Waals surface area contributed by atoms with Crippen LogP contribution in [0, 0.1) is 0 Å². The van der Waals surface area contributed by atoms with Gasteiger partial charge in [-0.25, -0.2) is 4.57 Å². The van der Waals surface area contributed by atoms with Gasteiger partial charge in [-0.1, -0.05) is 150 Å². The van der Waals surface area contributed by atoms with E-state index >= 15 is 0 Å². The molecule has 0 aromatic carbocycles. The Morgan fingerprint density at radius 3 is 1.44 bits per heavy atom. The van der Waals surface area contributed by atoms with Gasteiger partial charge in [0.2, 0.25) is 0 Å². The molecule has 360 valence electrons. The minimum absolute atomic E-state index is 0.0359. The van der Waals surface area contributed by atoms with Gasteiger partial charge in [-0.3, -0.25) is 18.6 Å². The largest absolute Gasteiger partial charge is 0.472 e. The van der Waals surface area contributed by atoms with E-state index < -0.39 is 75.7 Å². The number of allylic oxidation sites excluding steroid dienone is 14. The number of hydrogen-bond acceptors (Lipinski definition) is 12. The third-order valence-electron chi connectivity index (χ3n) is 10.2. The van der Waals surface area contributed by atoms with Crippen LogP contribution in [-0.4, -0.2) is 98.3 Å². The van der Waals surface area contributed by atoms with E-state index in [1.54, 1.807) is 0 Å². The maximum Gasteiger partial charge on any atom is 0.472 e. The first-order valence-corrected chi connectivity index (χ1v) is 24.9. The van der Waals surface area contributed by atoms with Gasteiger partial charge in [0.05, 0.1) is 6.61 Å². The predicted molar refractivity (Wildman–Crippen MR) is 248 cm³/mol. The molecule has 1 aliphatic rings. The average molecular weight is 909 g/mol. The van der Waals surface area contributed by atoms with Crippen LogP contribution < -0.4 is 0 Å². The zero-order chi connectivity index (χ0) is 46.4. The number of aliphatic hydroxyl groups is 5. The molecule has 8 atom stereocenters. The van der Waals surface area contributed by atoms with E-state index in [0.29, 0.717) is 19.3 Å². The average Bonchev–Trinajstić information content (AvgIpc) is 3.26. The fraction of sp³-hybridized carbons (Fsp3) is 0.673. The van der Waals surface area contributed by atoms with Crippen LogP contribution in [0.1, 0.15) is 155 Å². The zero-order valence-electron chi connectivity index (χ0n) is 38.1. The summed E-state index contributed by atoms with van der Waals surface area (Å²) in [6.45, 7) is 3.10. The number of carbonyl (C=O) groups is 2. The molecule has 13 nitrogen and oxygen atoms in total. The Morgan fingerprint density at radius 2 is 0.937 bits per heavy atom. The lowest BCUT2D eigenvalue weighted by Gasteiger charge is -2.41. The first-order chi connectivity index (χ1) is 30.4. The summed E-state index contributed by atoms with van der Waals surface area (Å²) in [7, 11) is -5.14. The van der Waals surface area contributed by atoms with Crippen molar-refractivity contribution >= 4 is 19.8 Å². The number of hydrogen-bond donors (Lipinski definition) is 6. The van der Waals surface area contributed by atoms with Gasteiger partial charge in [-0.05, 0) is 77.0 Å². The SMILES string of the molecule is CC/C=C/C/C=C/C/C=C/C/C=C/C/C=C/C/C=C/CCC(=O)OC[C@@H](COP(=O)(O)OC1C(O)C(O)C(O)[C@H](O)C1O)OC(=O)CCCCCCC/C=C/CCCCCCCC. The second-order valence-corrected chi connectivity index (χ2v) is 17.3. The number of carbonyl (C=O) groups excluding carboxylic acids is 2. The second kappa shape index (κ2) is 38.3. The molecule has 0 heterocycles. The molecule has 0 spiro atoms.